The number of piperazine rings is 1. The molecule has 1 amide bonds. The van der Waals surface area contributed by atoms with Crippen LogP contribution in [0.2, 0.25) is 0 Å². The Bertz CT molecular complexity index is 681. The third kappa shape index (κ3) is 3.34. The van der Waals surface area contributed by atoms with Crippen molar-refractivity contribution in [1.82, 2.24) is 14.8 Å². The minimum atomic E-state index is 0.208. The molecule has 1 aliphatic carbocycles. The highest BCUT2D eigenvalue weighted by molar-refractivity contribution is 5.83. The van der Waals surface area contributed by atoms with Crippen LogP contribution in [-0.4, -0.2) is 46.9 Å². The van der Waals surface area contributed by atoms with Gasteiger partial charge in [-0.3, -0.25) is 14.7 Å². The Morgan fingerprint density at radius 3 is 2.42 bits per heavy atom. The number of rotatable bonds is 4. The first-order chi connectivity index (χ1) is 11.8. The highest BCUT2D eigenvalue weighted by Crippen LogP contribution is 2.48. The smallest absolute Gasteiger partial charge is 0.226 e. The Hall–Kier alpha value is -2.20. The van der Waals surface area contributed by atoms with Crippen LogP contribution in [0.5, 0.6) is 0 Å². The molecule has 2 aromatic rings. The van der Waals surface area contributed by atoms with Gasteiger partial charge in [-0.15, -0.1) is 0 Å². The standard InChI is InChI=1S/C20H23N3O/c24-20(19-14-18(19)17-4-2-1-3-5-17)23-12-10-22(11-13-23)15-16-6-8-21-9-7-16/h1-9,18-19H,10-15H2/t18-,19+/m1/s1. The second-order valence-corrected chi connectivity index (χ2v) is 6.82. The zero-order valence-corrected chi connectivity index (χ0v) is 13.8. The molecule has 24 heavy (non-hydrogen) atoms. The molecule has 0 bridgehead atoms. The predicted molar refractivity (Wildman–Crippen MR) is 93.4 cm³/mol. The van der Waals surface area contributed by atoms with Crippen LogP contribution in [0.3, 0.4) is 0 Å². The van der Waals surface area contributed by atoms with Crippen molar-refractivity contribution >= 4 is 5.91 Å². The second-order valence-electron chi connectivity index (χ2n) is 6.82. The van der Waals surface area contributed by atoms with Crippen molar-refractivity contribution < 1.29 is 4.79 Å². The predicted octanol–water partition coefficient (Wildman–Crippen LogP) is 2.53. The molecule has 2 aliphatic rings. The molecule has 0 unspecified atom stereocenters. The number of pyridine rings is 1. The van der Waals surface area contributed by atoms with Crippen molar-refractivity contribution in [2.45, 2.75) is 18.9 Å². The fourth-order valence-corrected chi connectivity index (χ4v) is 3.64. The Balaban J connectivity index is 1.28. The summed E-state index contributed by atoms with van der Waals surface area (Å²) in [6, 6.07) is 14.6. The lowest BCUT2D eigenvalue weighted by molar-refractivity contribution is -0.134. The molecule has 1 aliphatic heterocycles. The molecule has 1 saturated heterocycles. The molecule has 4 heteroatoms. The molecule has 1 saturated carbocycles. The molecule has 0 radical (unpaired) electrons. The molecule has 2 fully saturated rings. The summed E-state index contributed by atoms with van der Waals surface area (Å²) in [6.45, 7) is 4.55. The van der Waals surface area contributed by atoms with E-state index in [1.54, 1.807) is 0 Å². The molecule has 1 aromatic heterocycles. The van der Waals surface area contributed by atoms with E-state index < -0.39 is 0 Å². The number of carbonyl (C=O) groups excluding carboxylic acids is 1. The van der Waals surface area contributed by atoms with Crippen LogP contribution in [0.4, 0.5) is 0 Å². The molecule has 0 N–H and O–H groups in total. The minimum absolute atomic E-state index is 0.208. The van der Waals surface area contributed by atoms with E-state index >= 15 is 0 Å². The lowest BCUT2D eigenvalue weighted by Gasteiger charge is -2.35. The molecule has 1 aromatic carbocycles. The number of hydrogen-bond donors (Lipinski definition) is 0. The third-order valence-corrected chi connectivity index (χ3v) is 5.17. The van der Waals surface area contributed by atoms with Crippen molar-refractivity contribution in [3.63, 3.8) is 0 Å². The minimum Gasteiger partial charge on any atom is -0.340 e. The summed E-state index contributed by atoms with van der Waals surface area (Å²) in [5.41, 5.74) is 2.60. The van der Waals surface area contributed by atoms with E-state index in [0.29, 0.717) is 11.8 Å². The van der Waals surface area contributed by atoms with Crippen LogP contribution < -0.4 is 0 Å². The maximum absolute atomic E-state index is 12.7. The van der Waals surface area contributed by atoms with Gasteiger partial charge in [0.2, 0.25) is 5.91 Å². The Labute approximate surface area is 143 Å². The van der Waals surface area contributed by atoms with Crippen molar-refractivity contribution in [2.24, 2.45) is 5.92 Å². The fourth-order valence-electron chi connectivity index (χ4n) is 3.64. The zero-order valence-electron chi connectivity index (χ0n) is 13.8. The van der Waals surface area contributed by atoms with Crippen molar-refractivity contribution in [2.75, 3.05) is 26.2 Å². The van der Waals surface area contributed by atoms with E-state index in [9.17, 15) is 4.79 Å². The van der Waals surface area contributed by atoms with E-state index in [1.165, 1.54) is 11.1 Å². The molecule has 124 valence electrons. The van der Waals surface area contributed by atoms with Crippen LogP contribution in [0.25, 0.3) is 0 Å². The molecule has 4 rings (SSSR count). The quantitative estimate of drug-likeness (QED) is 0.868. The van der Waals surface area contributed by atoms with Gasteiger partial charge >= 0.3 is 0 Å². The van der Waals surface area contributed by atoms with Crippen molar-refractivity contribution in [3.8, 4) is 0 Å². The van der Waals surface area contributed by atoms with Gasteiger partial charge in [0, 0.05) is 51.0 Å². The Morgan fingerprint density at radius 1 is 1.00 bits per heavy atom. The molecular weight excluding hydrogens is 298 g/mol. The Morgan fingerprint density at radius 2 is 1.71 bits per heavy atom. The van der Waals surface area contributed by atoms with Crippen LogP contribution in [0.1, 0.15) is 23.5 Å². The summed E-state index contributed by atoms with van der Waals surface area (Å²) in [5.74, 6) is 1.00. The van der Waals surface area contributed by atoms with E-state index in [1.807, 2.05) is 18.5 Å². The SMILES string of the molecule is O=C([C@H]1C[C@@H]1c1ccccc1)N1CCN(Cc2ccncc2)CC1. The topological polar surface area (TPSA) is 36.4 Å². The van der Waals surface area contributed by atoms with Crippen LogP contribution in [-0.2, 0) is 11.3 Å². The van der Waals surface area contributed by atoms with Gasteiger partial charge in [0.05, 0.1) is 0 Å². The summed E-state index contributed by atoms with van der Waals surface area (Å²) in [6.07, 6.45) is 4.69. The number of hydrogen-bond acceptors (Lipinski definition) is 3. The first kappa shape index (κ1) is 15.3. The van der Waals surface area contributed by atoms with E-state index in [0.717, 1.165) is 39.1 Å². The molecule has 4 nitrogen and oxygen atoms in total. The summed E-state index contributed by atoms with van der Waals surface area (Å²) < 4.78 is 0. The monoisotopic (exact) mass is 321 g/mol. The first-order valence-electron chi connectivity index (χ1n) is 8.76. The highest BCUT2D eigenvalue weighted by atomic mass is 16.2. The molecule has 0 spiro atoms. The van der Waals surface area contributed by atoms with E-state index in [2.05, 4.69) is 51.2 Å². The average Bonchev–Trinajstić information content (AvgIpc) is 3.44. The molecular formula is C20H23N3O. The Kier molecular flexibility index (Phi) is 4.30. The lowest BCUT2D eigenvalue weighted by Crippen LogP contribution is -2.48. The molecule has 2 atom stereocenters. The van der Waals surface area contributed by atoms with Crippen LogP contribution in [0, 0.1) is 5.92 Å². The normalized spacial score (nSPS) is 23.9. The van der Waals surface area contributed by atoms with Gasteiger partial charge in [0.1, 0.15) is 0 Å². The van der Waals surface area contributed by atoms with Gasteiger partial charge in [-0.05, 0) is 35.6 Å². The summed E-state index contributed by atoms with van der Waals surface area (Å²) in [7, 11) is 0. The summed E-state index contributed by atoms with van der Waals surface area (Å²) in [4.78, 5) is 21.3. The molecule has 2 heterocycles. The second kappa shape index (κ2) is 6.73. The number of aromatic nitrogens is 1. The van der Waals surface area contributed by atoms with E-state index in [4.69, 9.17) is 0 Å². The number of benzene rings is 1. The fraction of sp³-hybridized carbons (Fsp3) is 0.400. The van der Waals surface area contributed by atoms with Crippen LogP contribution >= 0.6 is 0 Å². The van der Waals surface area contributed by atoms with Crippen molar-refractivity contribution in [1.29, 1.82) is 0 Å². The maximum Gasteiger partial charge on any atom is 0.226 e. The van der Waals surface area contributed by atoms with Gasteiger partial charge < -0.3 is 4.90 Å². The number of carbonyl (C=O) groups is 1. The van der Waals surface area contributed by atoms with Gasteiger partial charge in [0.25, 0.3) is 0 Å². The van der Waals surface area contributed by atoms with Gasteiger partial charge in [-0.1, -0.05) is 30.3 Å². The van der Waals surface area contributed by atoms with Gasteiger partial charge in [-0.25, -0.2) is 0 Å². The summed E-state index contributed by atoms with van der Waals surface area (Å²) in [5, 5.41) is 0. The lowest BCUT2D eigenvalue weighted by atomic mass is 10.1. The maximum atomic E-state index is 12.7. The average molecular weight is 321 g/mol. The first-order valence-corrected chi connectivity index (χ1v) is 8.76. The van der Waals surface area contributed by atoms with Gasteiger partial charge in [0.15, 0.2) is 0 Å². The highest BCUT2D eigenvalue weighted by Gasteiger charge is 2.45. The largest absolute Gasteiger partial charge is 0.340 e. The van der Waals surface area contributed by atoms with Crippen molar-refractivity contribution in [3.05, 3.63) is 66.0 Å². The van der Waals surface area contributed by atoms with Gasteiger partial charge in [-0.2, -0.15) is 0 Å². The zero-order chi connectivity index (χ0) is 16.4. The van der Waals surface area contributed by atoms with Crippen LogP contribution in [0.15, 0.2) is 54.9 Å². The third-order valence-electron chi connectivity index (χ3n) is 5.17. The number of nitrogens with zero attached hydrogens (tertiary/aromatic N) is 3. The van der Waals surface area contributed by atoms with E-state index in [-0.39, 0.29) is 5.92 Å². The summed E-state index contributed by atoms with van der Waals surface area (Å²) >= 11 is 0. The number of amides is 1.